The van der Waals surface area contributed by atoms with E-state index in [1.165, 1.54) is 19.2 Å². The van der Waals surface area contributed by atoms with Crippen molar-refractivity contribution in [3.05, 3.63) is 65.5 Å². The topological polar surface area (TPSA) is 58.6 Å². The molecule has 6 heteroatoms. The number of likely N-dealkylation sites (tertiary alicyclic amines) is 1. The summed E-state index contributed by atoms with van der Waals surface area (Å²) in [4.78, 5) is 26.7. The maximum atomic E-state index is 13.0. The van der Waals surface area contributed by atoms with Crippen LogP contribution in [0, 0.1) is 11.7 Å². The van der Waals surface area contributed by atoms with E-state index in [0.717, 1.165) is 38.0 Å². The van der Waals surface area contributed by atoms with Gasteiger partial charge in [-0.1, -0.05) is 24.3 Å². The molecule has 5 nitrogen and oxygen atoms in total. The fourth-order valence-electron chi connectivity index (χ4n) is 3.32. The lowest BCUT2D eigenvalue weighted by molar-refractivity contribution is -0.121. The lowest BCUT2D eigenvalue weighted by Gasteiger charge is -2.31. The molecule has 0 unspecified atom stereocenters. The van der Waals surface area contributed by atoms with Crippen molar-refractivity contribution in [2.24, 2.45) is 5.92 Å². The van der Waals surface area contributed by atoms with Crippen molar-refractivity contribution in [3.63, 3.8) is 0 Å². The predicted molar refractivity (Wildman–Crippen MR) is 101 cm³/mol. The zero-order valence-corrected chi connectivity index (χ0v) is 15.3. The Labute approximate surface area is 158 Å². The molecule has 1 aliphatic heterocycles. The Kier molecular flexibility index (Phi) is 6.19. The van der Waals surface area contributed by atoms with Gasteiger partial charge in [0, 0.05) is 12.5 Å². The SMILES string of the molecule is COC(=O)c1ccccc1NC(=O)C1CCN(Cc2ccc(F)cc2)CC1. The highest BCUT2D eigenvalue weighted by Crippen LogP contribution is 2.23. The number of esters is 1. The number of nitrogens with one attached hydrogen (secondary N) is 1. The number of benzene rings is 2. The number of nitrogens with zero attached hydrogens (tertiary/aromatic N) is 1. The summed E-state index contributed by atoms with van der Waals surface area (Å²) in [6.07, 6.45) is 1.49. The number of halogens is 1. The second kappa shape index (κ2) is 8.77. The zero-order valence-electron chi connectivity index (χ0n) is 15.3. The summed E-state index contributed by atoms with van der Waals surface area (Å²) in [6, 6.07) is 13.3. The first-order chi connectivity index (χ1) is 13.1. The average Bonchev–Trinajstić information content (AvgIpc) is 2.70. The molecule has 0 atom stereocenters. The van der Waals surface area contributed by atoms with Crippen molar-refractivity contribution < 1.29 is 18.7 Å². The van der Waals surface area contributed by atoms with Gasteiger partial charge < -0.3 is 10.1 Å². The quantitative estimate of drug-likeness (QED) is 0.819. The van der Waals surface area contributed by atoms with Crippen molar-refractivity contribution in [1.82, 2.24) is 4.90 Å². The molecule has 2 aromatic carbocycles. The number of hydrogen-bond acceptors (Lipinski definition) is 4. The first kappa shape index (κ1) is 19.0. The summed E-state index contributed by atoms with van der Waals surface area (Å²) in [5.41, 5.74) is 1.89. The molecule has 27 heavy (non-hydrogen) atoms. The van der Waals surface area contributed by atoms with Gasteiger partial charge in [0.25, 0.3) is 0 Å². The molecule has 1 N–H and O–H groups in total. The Morgan fingerprint density at radius 3 is 2.44 bits per heavy atom. The molecule has 0 radical (unpaired) electrons. The van der Waals surface area contributed by atoms with Crippen LogP contribution in [0.2, 0.25) is 0 Å². The number of amides is 1. The van der Waals surface area contributed by atoms with Crippen LogP contribution in [0.3, 0.4) is 0 Å². The predicted octanol–water partition coefficient (Wildman–Crippen LogP) is 3.46. The number of piperidine rings is 1. The second-order valence-electron chi connectivity index (χ2n) is 6.70. The van der Waals surface area contributed by atoms with E-state index in [0.29, 0.717) is 11.3 Å². The number of anilines is 1. The Morgan fingerprint density at radius 2 is 1.78 bits per heavy atom. The lowest BCUT2D eigenvalue weighted by atomic mass is 9.95. The minimum absolute atomic E-state index is 0.0761. The number of hydrogen-bond donors (Lipinski definition) is 1. The third-order valence-electron chi connectivity index (χ3n) is 4.87. The summed E-state index contributed by atoms with van der Waals surface area (Å²) in [5.74, 6) is -0.880. The fourth-order valence-corrected chi connectivity index (χ4v) is 3.32. The number of para-hydroxylation sites is 1. The van der Waals surface area contributed by atoms with Crippen LogP contribution >= 0.6 is 0 Å². The Bertz CT molecular complexity index is 799. The van der Waals surface area contributed by atoms with E-state index in [1.807, 2.05) is 0 Å². The van der Waals surface area contributed by atoms with Gasteiger partial charge in [-0.05, 0) is 55.8 Å². The van der Waals surface area contributed by atoms with Crippen LogP contribution in [0.5, 0.6) is 0 Å². The van der Waals surface area contributed by atoms with Crippen molar-refractivity contribution in [3.8, 4) is 0 Å². The van der Waals surface area contributed by atoms with Crippen molar-refractivity contribution in [2.45, 2.75) is 19.4 Å². The minimum Gasteiger partial charge on any atom is -0.465 e. The van der Waals surface area contributed by atoms with Gasteiger partial charge in [0.2, 0.25) is 5.91 Å². The molecule has 1 aliphatic rings. The first-order valence-corrected chi connectivity index (χ1v) is 9.02. The van der Waals surface area contributed by atoms with Crippen LogP contribution in [-0.4, -0.2) is 37.0 Å². The molecule has 142 valence electrons. The van der Waals surface area contributed by atoms with Gasteiger partial charge in [0.1, 0.15) is 5.82 Å². The molecule has 1 heterocycles. The maximum Gasteiger partial charge on any atom is 0.339 e. The van der Waals surface area contributed by atoms with E-state index >= 15 is 0 Å². The summed E-state index contributed by atoms with van der Waals surface area (Å²) in [5, 5.41) is 2.87. The van der Waals surface area contributed by atoms with Crippen LogP contribution < -0.4 is 5.32 Å². The van der Waals surface area contributed by atoms with E-state index < -0.39 is 5.97 Å². The fraction of sp³-hybridized carbons (Fsp3) is 0.333. The van der Waals surface area contributed by atoms with Gasteiger partial charge in [0.05, 0.1) is 18.4 Å². The highest BCUT2D eigenvalue weighted by atomic mass is 19.1. The number of carbonyl (C=O) groups is 2. The molecule has 3 rings (SSSR count). The number of carbonyl (C=O) groups excluding carboxylic acids is 2. The highest BCUT2D eigenvalue weighted by molar-refractivity contribution is 6.01. The summed E-state index contributed by atoms with van der Waals surface area (Å²) in [7, 11) is 1.32. The lowest BCUT2D eigenvalue weighted by Crippen LogP contribution is -2.37. The Morgan fingerprint density at radius 1 is 1.11 bits per heavy atom. The van der Waals surface area contributed by atoms with Gasteiger partial charge in [-0.2, -0.15) is 0 Å². The molecular weight excluding hydrogens is 347 g/mol. The smallest absolute Gasteiger partial charge is 0.339 e. The van der Waals surface area contributed by atoms with Gasteiger partial charge in [0.15, 0.2) is 0 Å². The highest BCUT2D eigenvalue weighted by Gasteiger charge is 2.26. The second-order valence-corrected chi connectivity index (χ2v) is 6.70. The Hall–Kier alpha value is -2.73. The molecule has 0 bridgehead atoms. The third kappa shape index (κ3) is 4.92. The molecule has 1 saturated heterocycles. The number of rotatable bonds is 5. The summed E-state index contributed by atoms with van der Waals surface area (Å²) in [6.45, 7) is 2.35. The van der Waals surface area contributed by atoms with E-state index in [2.05, 4.69) is 10.2 Å². The molecular formula is C21H23FN2O3. The maximum absolute atomic E-state index is 13.0. The van der Waals surface area contributed by atoms with Crippen molar-refractivity contribution in [2.75, 3.05) is 25.5 Å². The average molecular weight is 370 g/mol. The number of ether oxygens (including phenoxy) is 1. The van der Waals surface area contributed by atoms with Gasteiger partial charge in [-0.15, -0.1) is 0 Å². The first-order valence-electron chi connectivity index (χ1n) is 9.02. The zero-order chi connectivity index (χ0) is 19.2. The summed E-state index contributed by atoms with van der Waals surface area (Å²) < 4.78 is 17.8. The summed E-state index contributed by atoms with van der Waals surface area (Å²) >= 11 is 0. The largest absolute Gasteiger partial charge is 0.465 e. The molecule has 0 spiro atoms. The van der Waals surface area contributed by atoms with E-state index in [1.54, 1.807) is 36.4 Å². The number of methoxy groups -OCH3 is 1. The standard InChI is InChI=1S/C21H23FN2O3/c1-27-21(26)18-4-2-3-5-19(18)23-20(25)16-10-12-24(13-11-16)14-15-6-8-17(22)9-7-15/h2-9,16H,10-14H2,1H3,(H,23,25). The normalized spacial score (nSPS) is 15.3. The third-order valence-corrected chi connectivity index (χ3v) is 4.87. The van der Waals surface area contributed by atoms with Gasteiger partial charge >= 0.3 is 5.97 Å². The molecule has 1 fully saturated rings. The van der Waals surface area contributed by atoms with Gasteiger partial charge in [-0.25, -0.2) is 9.18 Å². The monoisotopic (exact) mass is 370 g/mol. The van der Waals surface area contributed by atoms with E-state index in [4.69, 9.17) is 4.74 Å². The van der Waals surface area contributed by atoms with Crippen molar-refractivity contribution in [1.29, 1.82) is 0 Å². The van der Waals surface area contributed by atoms with E-state index in [-0.39, 0.29) is 17.6 Å². The Balaban J connectivity index is 1.54. The molecule has 2 aromatic rings. The van der Waals surface area contributed by atoms with Crippen LogP contribution in [-0.2, 0) is 16.1 Å². The molecule has 0 saturated carbocycles. The molecule has 0 aliphatic carbocycles. The molecule has 0 aromatic heterocycles. The van der Waals surface area contributed by atoms with Gasteiger partial charge in [-0.3, -0.25) is 9.69 Å². The minimum atomic E-state index is -0.472. The van der Waals surface area contributed by atoms with Crippen LogP contribution in [0.1, 0.15) is 28.8 Å². The van der Waals surface area contributed by atoms with Crippen LogP contribution in [0.25, 0.3) is 0 Å². The molecule has 1 amide bonds. The van der Waals surface area contributed by atoms with E-state index in [9.17, 15) is 14.0 Å². The van der Waals surface area contributed by atoms with Crippen molar-refractivity contribution >= 4 is 17.6 Å². The van der Waals surface area contributed by atoms with Crippen LogP contribution in [0.15, 0.2) is 48.5 Å². The van der Waals surface area contributed by atoms with Crippen LogP contribution in [0.4, 0.5) is 10.1 Å².